The van der Waals surface area contributed by atoms with Gasteiger partial charge in [-0.05, 0) is 45.1 Å². The number of amides is 2. The zero-order chi connectivity index (χ0) is 26.1. The van der Waals surface area contributed by atoms with Gasteiger partial charge >= 0.3 is 6.09 Å². The lowest BCUT2D eigenvalue weighted by atomic mass is 10.1. The molecule has 2 amide bonds. The fourth-order valence-electron chi connectivity index (χ4n) is 3.95. The molecule has 1 aromatic carbocycles. The summed E-state index contributed by atoms with van der Waals surface area (Å²) in [7, 11) is 0. The minimum absolute atomic E-state index is 0.0143. The summed E-state index contributed by atoms with van der Waals surface area (Å²) in [6, 6.07) is 7.61. The van der Waals surface area contributed by atoms with Crippen LogP contribution in [0, 0.1) is 0 Å². The van der Waals surface area contributed by atoms with Crippen molar-refractivity contribution < 1.29 is 28.6 Å². The third-order valence-corrected chi connectivity index (χ3v) is 6.25. The monoisotopic (exact) mass is 519 g/mol. The molecule has 0 saturated carbocycles. The van der Waals surface area contributed by atoms with Crippen LogP contribution in [0.3, 0.4) is 0 Å². The molecule has 9 nitrogen and oxygen atoms in total. The third-order valence-electron chi connectivity index (χ3n) is 5.63. The average molecular weight is 520 g/mol. The molecule has 3 rings (SSSR count). The predicted molar refractivity (Wildman–Crippen MR) is 140 cm³/mol. The van der Waals surface area contributed by atoms with Gasteiger partial charge in [0, 0.05) is 43.3 Å². The minimum Gasteiger partial charge on any atom is -0.443 e. The Morgan fingerprint density at radius 3 is 2.61 bits per heavy atom. The van der Waals surface area contributed by atoms with Crippen LogP contribution in [-0.4, -0.2) is 84.1 Å². The standard InChI is InChI=1S/C26H37N3O6S/c1-26(2,3)35-25(32)29-17-19(20-7-5-6-8-21(20)29)9-12-27-22(30)18-28(23(31)11-16-36-4)13-10-24-33-14-15-34-24/h5-8,17,24H,9-16,18H2,1-4H3,(H,27,30). The normalized spacial score (nSPS) is 14.2. The van der Waals surface area contributed by atoms with E-state index in [4.69, 9.17) is 14.2 Å². The summed E-state index contributed by atoms with van der Waals surface area (Å²) < 4.78 is 18.0. The summed E-state index contributed by atoms with van der Waals surface area (Å²) >= 11 is 1.60. The number of para-hydroxylation sites is 1. The predicted octanol–water partition coefficient (Wildman–Crippen LogP) is 3.43. The molecule has 36 heavy (non-hydrogen) atoms. The second-order valence-electron chi connectivity index (χ2n) is 9.64. The number of aromatic nitrogens is 1. The number of nitrogens with zero attached hydrogens (tertiary/aromatic N) is 2. The van der Waals surface area contributed by atoms with Gasteiger partial charge in [0.1, 0.15) is 5.60 Å². The molecule has 2 aromatic rings. The van der Waals surface area contributed by atoms with Gasteiger partial charge in [0.2, 0.25) is 11.8 Å². The second kappa shape index (κ2) is 13.1. The summed E-state index contributed by atoms with van der Waals surface area (Å²) in [5.74, 6) is 0.421. The topological polar surface area (TPSA) is 99.1 Å². The largest absolute Gasteiger partial charge is 0.443 e. The lowest BCUT2D eigenvalue weighted by Crippen LogP contribution is -2.42. The van der Waals surface area contributed by atoms with Crippen molar-refractivity contribution in [3.63, 3.8) is 0 Å². The fraction of sp³-hybridized carbons (Fsp3) is 0.577. The van der Waals surface area contributed by atoms with Crippen molar-refractivity contribution in [1.29, 1.82) is 0 Å². The number of carbonyl (C=O) groups excluding carboxylic acids is 3. The van der Waals surface area contributed by atoms with Crippen molar-refractivity contribution in [2.75, 3.05) is 44.9 Å². The van der Waals surface area contributed by atoms with Crippen LogP contribution in [0.4, 0.5) is 4.79 Å². The molecule has 1 aliphatic heterocycles. The lowest BCUT2D eigenvalue weighted by Gasteiger charge is -2.23. The summed E-state index contributed by atoms with van der Waals surface area (Å²) in [5.41, 5.74) is 1.08. The van der Waals surface area contributed by atoms with E-state index in [1.165, 1.54) is 4.57 Å². The van der Waals surface area contributed by atoms with Gasteiger partial charge in [-0.15, -0.1) is 0 Å². The van der Waals surface area contributed by atoms with Crippen LogP contribution < -0.4 is 5.32 Å². The Morgan fingerprint density at radius 2 is 1.92 bits per heavy atom. The third kappa shape index (κ3) is 8.25. The molecular weight excluding hydrogens is 482 g/mol. The summed E-state index contributed by atoms with van der Waals surface area (Å²) in [6.07, 6.45) is 4.39. The number of benzene rings is 1. The van der Waals surface area contributed by atoms with Gasteiger partial charge in [0.25, 0.3) is 0 Å². The highest BCUT2D eigenvalue weighted by atomic mass is 32.2. The summed E-state index contributed by atoms with van der Waals surface area (Å²) in [5, 5.41) is 3.85. The van der Waals surface area contributed by atoms with E-state index in [1.54, 1.807) is 22.9 Å². The number of rotatable bonds is 11. The van der Waals surface area contributed by atoms with E-state index in [-0.39, 0.29) is 24.6 Å². The Hall–Kier alpha value is -2.56. The van der Waals surface area contributed by atoms with Crippen molar-refractivity contribution in [3.8, 4) is 0 Å². The number of thioether (sulfide) groups is 1. The molecule has 0 unspecified atom stereocenters. The molecule has 10 heteroatoms. The van der Waals surface area contributed by atoms with Crippen molar-refractivity contribution in [2.24, 2.45) is 0 Å². The van der Waals surface area contributed by atoms with Crippen LogP contribution in [-0.2, 0) is 30.2 Å². The van der Waals surface area contributed by atoms with Crippen molar-refractivity contribution in [1.82, 2.24) is 14.8 Å². The van der Waals surface area contributed by atoms with Crippen LogP contribution >= 0.6 is 11.8 Å². The molecule has 0 aliphatic carbocycles. The molecule has 1 N–H and O–H groups in total. The van der Waals surface area contributed by atoms with E-state index in [1.807, 2.05) is 51.3 Å². The zero-order valence-electron chi connectivity index (χ0n) is 21.6. The Balaban J connectivity index is 1.59. The first-order valence-electron chi connectivity index (χ1n) is 12.3. The lowest BCUT2D eigenvalue weighted by molar-refractivity contribution is -0.137. The van der Waals surface area contributed by atoms with Crippen LogP contribution in [0.1, 0.15) is 39.2 Å². The number of hydrogen-bond donors (Lipinski definition) is 1. The number of ether oxygens (including phenoxy) is 3. The van der Waals surface area contributed by atoms with Crippen LogP contribution in [0.5, 0.6) is 0 Å². The first kappa shape index (κ1) is 28.0. The number of carbonyl (C=O) groups is 3. The molecule has 0 atom stereocenters. The zero-order valence-corrected chi connectivity index (χ0v) is 22.4. The van der Waals surface area contributed by atoms with E-state index in [0.717, 1.165) is 16.5 Å². The van der Waals surface area contributed by atoms with Gasteiger partial charge in [0.15, 0.2) is 6.29 Å². The summed E-state index contributed by atoms with van der Waals surface area (Å²) in [6.45, 7) is 7.35. The Morgan fingerprint density at radius 1 is 1.19 bits per heavy atom. The maximum atomic E-state index is 12.7. The molecule has 1 aromatic heterocycles. The molecular formula is C26H37N3O6S. The van der Waals surface area contributed by atoms with Gasteiger partial charge in [-0.25, -0.2) is 4.79 Å². The van der Waals surface area contributed by atoms with Crippen molar-refractivity contribution in [3.05, 3.63) is 36.0 Å². The van der Waals surface area contributed by atoms with E-state index >= 15 is 0 Å². The smallest absolute Gasteiger partial charge is 0.419 e. The van der Waals surface area contributed by atoms with E-state index in [9.17, 15) is 14.4 Å². The van der Waals surface area contributed by atoms with E-state index < -0.39 is 11.7 Å². The number of hydrogen-bond acceptors (Lipinski definition) is 7. The molecule has 0 spiro atoms. The molecule has 2 heterocycles. The average Bonchev–Trinajstić information content (AvgIpc) is 3.47. The number of nitrogens with one attached hydrogen (secondary N) is 1. The molecule has 1 fully saturated rings. The SMILES string of the molecule is CSCCC(=O)N(CCC1OCCO1)CC(=O)NCCc1cn(C(=O)OC(C)(C)C)c2ccccc12. The highest BCUT2D eigenvalue weighted by Crippen LogP contribution is 2.23. The molecule has 1 saturated heterocycles. The second-order valence-corrected chi connectivity index (χ2v) is 10.6. The number of fused-ring (bicyclic) bond motifs is 1. The molecule has 198 valence electrons. The Labute approximate surface area is 216 Å². The van der Waals surface area contributed by atoms with Gasteiger partial charge in [-0.1, -0.05) is 18.2 Å². The van der Waals surface area contributed by atoms with Crippen LogP contribution in [0.15, 0.2) is 30.5 Å². The van der Waals surface area contributed by atoms with Gasteiger partial charge in [-0.2, -0.15) is 11.8 Å². The first-order chi connectivity index (χ1) is 17.2. The van der Waals surface area contributed by atoms with E-state index in [2.05, 4.69) is 5.32 Å². The fourth-order valence-corrected chi connectivity index (χ4v) is 4.33. The van der Waals surface area contributed by atoms with Crippen LogP contribution in [0.2, 0.25) is 0 Å². The summed E-state index contributed by atoms with van der Waals surface area (Å²) in [4.78, 5) is 39.6. The minimum atomic E-state index is -0.605. The maximum absolute atomic E-state index is 12.7. The Bertz CT molecular complexity index is 1040. The van der Waals surface area contributed by atoms with Gasteiger partial charge in [0.05, 0.1) is 25.3 Å². The molecule has 0 bridgehead atoms. The molecule has 0 radical (unpaired) electrons. The van der Waals surface area contributed by atoms with Crippen LogP contribution in [0.25, 0.3) is 10.9 Å². The maximum Gasteiger partial charge on any atom is 0.419 e. The van der Waals surface area contributed by atoms with Gasteiger partial charge < -0.3 is 24.4 Å². The molecule has 1 aliphatic rings. The van der Waals surface area contributed by atoms with E-state index in [0.29, 0.717) is 51.3 Å². The van der Waals surface area contributed by atoms with Crippen molar-refractivity contribution in [2.45, 2.75) is 51.9 Å². The highest BCUT2D eigenvalue weighted by molar-refractivity contribution is 7.98. The van der Waals surface area contributed by atoms with Gasteiger partial charge in [-0.3, -0.25) is 14.2 Å². The highest BCUT2D eigenvalue weighted by Gasteiger charge is 2.23. The Kier molecular flexibility index (Phi) is 10.2. The first-order valence-corrected chi connectivity index (χ1v) is 13.7. The quantitative estimate of drug-likeness (QED) is 0.486. The van der Waals surface area contributed by atoms with Crippen molar-refractivity contribution >= 4 is 40.6 Å².